The molecule has 0 aliphatic rings. The lowest BCUT2D eigenvalue weighted by molar-refractivity contribution is 0.287. The largest absolute Gasteiger partial charge is 0.396 e. The minimum absolute atomic E-state index is 0.214. The van der Waals surface area contributed by atoms with E-state index < -0.39 is 0 Å². The highest BCUT2D eigenvalue weighted by molar-refractivity contribution is 5.05. The molecule has 0 aromatic rings. The second-order valence-corrected chi connectivity index (χ2v) is 2.55. The third-order valence-electron chi connectivity index (χ3n) is 1.64. The second kappa shape index (κ2) is 6.04. The fraction of sp³-hybridized carbons (Fsp3) is 0.750. The summed E-state index contributed by atoms with van der Waals surface area (Å²) in [5, 5.41) is 11.5. The topological polar surface area (TPSA) is 58.3 Å². The molecule has 4 N–H and O–H groups in total. The van der Waals surface area contributed by atoms with Crippen molar-refractivity contribution in [2.75, 3.05) is 13.2 Å². The maximum atomic E-state index is 8.48. The van der Waals surface area contributed by atoms with E-state index in [1.807, 2.05) is 6.92 Å². The lowest BCUT2D eigenvalue weighted by atomic mass is 10.2. The van der Waals surface area contributed by atoms with Gasteiger partial charge in [0, 0.05) is 13.2 Å². The predicted octanol–water partition coefficient (Wildman–Crippen LogP) is 0.559. The van der Waals surface area contributed by atoms with E-state index in [0.29, 0.717) is 0 Å². The Kier molecular flexibility index (Phi) is 5.65. The van der Waals surface area contributed by atoms with Crippen molar-refractivity contribution in [1.29, 1.82) is 0 Å². The van der Waals surface area contributed by atoms with E-state index in [-0.39, 0.29) is 6.61 Å². The van der Waals surface area contributed by atoms with Crippen LogP contribution in [0.1, 0.15) is 26.7 Å². The van der Waals surface area contributed by atoms with Gasteiger partial charge in [0.1, 0.15) is 0 Å². The summed E-state index contributed by atoms with van der Waals surface area (Å²) in [7, 11) is 0. The van der Waals surface area contributed by atoms with Crippen LogP contribution in [0.5, 0.6) is 0 Å². The molecule has 3 nitrogen and oxygen atoms in total. The number of aliphatic hydroxyl groups excluding tert-OH is 1. The molecule has 0 aromatic carbocycles. The Morgan fingerprint density at radius 3 is 2.64 bits per heavy atom. The molecule has 0 aromatic heterocycles. The Bertz CT molecular complexity index is 132. The molecular formula is C8H18N2O. The van der Waals surface area contributed by atoms with Gasteiger partial charge < -0.3 is 16.2 Å². The van der Waals surface area contributed by atoms with Crippen LogP contribution in [0, 0.1) is 0 Å². The summed E-state index contributed by atoms with van der Waals surface area (Å²) < 4.78 is 0. The molecule has 0 saturated heterocycles. The summed E-state index contributed by atoms with van der Waals surface area (Å²) in [6.45, 7) is 5.03. The lowest BCUT2D eigenvalue weighted by Gasteiger charge is -2.07. The van der Waals surface area contributed by atoms with Crippen molar-refractivity contribution in [1.82, 2.24) is 5.32 Å². The molecule has 0 spiro atoms. The summed E-state index contributed by atoms with van der Waals surface area (Å²) in [4.78, 5) is 0. The molecule has 0 rings (SSSR count). The molecule has 0 aliphatic heterocycles. The number of nitrogens with two attached hydrogens (primary N) is 1. The summed E-state index contributed by atoms with van der Waals surface area (Å²) >= 11 is 0. The minimum Gasteiger partial charge on any atom is -0.396 e. The third-order valence-corrected chi connectivity index (χ3v) is 1.64. The van der Waals surface area contributed by atoms with E-state index in [1.165, 1.54) is 5.57 Å². The van der Waals surface area contributed by atoms with Gasteiger partial charge in [-0.3, -0.25) is 0 Å². The first-order valence-corrected chi connectivity index (χ1v) is 4.02. The minimum atomic E-state index is 0.214. The number of hydrogen-bond donors (Lipinski definition) is 3. The smallest absolute Gasteiger partial charge is 0.0948 e. The first-order chi connectivity index (χ1) is 5.22. The summed E-state index contributed by atoms with van der Waals surface area (Å²) in [6, 6.07) is 0. The van der Waals surface area contributed by atoms with Gasteiger partial charge in [-0.1, -0.05) is 6.92 Å². The van der Waals surface area contributed by atoms with Gasteiger partial charge in [-0.15, -0.1) is 0 Å². The van der Waals surface area contributed by atoms with Crippen molar-refractivity contribution in [3.8, 4) is 0 Å². The zero-order valence-electron chi connectivity index (χ0n) is 7.35. The van der Waals surface area contributed by atoms with Crippen molar-refractivity contribution < 1.29 is 5.11 Å². The quantitative estimate of drug-likeness (QED) is 0.512. The Balaban J connectivity index is 3.58. The van der Waals surface area contributed by atoms with E-state index in [2.05, 4.69) is 12.2 Å². The van der Waals surface area contributed by atoms with Gasteiger partial charge in [0.15, 0.2) is 0 Å². The van der Waals surface area contributed by atoms with Gasteiger partial charge in [0.05, 0.1) is 5.82 Å². The van der Waals surface area contributed by atoms with Crippen LogP contribution in [0.15, 0.2) is 11.4 Å². The number of hydrogen-bond acceptors (Lipinski definition) is 3. The van der Waals surface area contributed by atoms with Crippen molar-refractivity contribution in [2.45, 2.75) is 26.7 Å². The van der Waals surface area contributed by atoms with E-state index in [0.717, 1.165) is 25.2 Å². The fourth-order valence-corrected chi connectivity index (χ4v) is 0.643. The van der Waals surface area contributed by atoms with Crippen LogP contribution in [0.4, 0.5) is 0 Å². The fourth-order valence-electron chi connectivity index (χ4n) is 0.643. The van der Waals surface area contributed by atoms with Crippen LogP contribution in [0.3, 0.4) is 0 Å². The summed E-state index contributed by atoms with van der Waals surface area (Å²) in [5.41, 5.74) is 6.82. The first-order valence-electron chi connectivity index (χ1n) is 4.02. The van der Waals surface area contributed by atoms with Crippen molar-refractivity contribution in [2.24, 2.45) is 5.73 Å². The van der Waals surface area contributed by atoms with Crippen molar-refractivity contribution in [3.05, 3.63) is 11.4 Å². The molecule has 0 radical (unpaired) electrons. The van der Waals surface area contributed by atoms with E-state index in [9.17, 15) is 0 Å². The number of aliphatic hydroxyl groups is 1. The molecule has 66 valence electrons. The highest BCUT2D eigenvalue weighted by Crippen LogP contribution is 1.99. The van der Waals surface area contributed by atoms with Crippen molar-refractivity contribution >= 4 is 0 Å². The second-order valence-electron chi connectivity index (χ2n) is 2.55. The standard InChI is InChI=1S/C8H18N2O/c1-3-7(2)8(9)10-5-4-6-11/h10-11H,3-6,9H2,1-2H3/b8-7-. The zero-order chi connectivity index (χ0) is 8.69. The Labute approximate surface area is 68.3 Å². The van der Waals surface area contributed by atoms with E-state index in [4.69, 9.17) is 10.8 Å². The number of rotatable bonds is 5. The molecule has 11 heavy (non-hydrogen) atoms. The average Bonchev–Trinajstić information content (AvgIpc) is 2.03. The molecule has 0 fully saturated rings. The van der Waals surface area contributed by atoms with Gasteiger partial charge in [-0.05, 0) is 25.3 Å². The SMILES string of the molecule is CC/C(C)=C(/N)NCCCO. The van der Waals surface area contributed by atoms with Crippen LogP contribution in [-0.2, 0) is 0 Å². The van der Waals surface area contributed by atoms with E-state index >= 15 is 0 Å². The maximum Gasteiger partial charge on any atom is 0.0948 e. The molecule has 3 heteroatoms. The monoisotopic (exact) mass is 158 g/mol. The Morgan fingerprint density at radius 2 is 2.18 bits per heavy atom. The molecule has 0 saturated carbocycles. The van der Waals surface area contributed by atoms with Gasteiger partial charge in [-0.2, -0.15) is 0 Å². The van der Waals surface area contributed by atoms with Crippen LogP contribution >= 0.6 is 0 Å². The van der Waals surface area contributed by atoms with Gasteiger partial charge >= 0.3 is 0 Å². The lowest BCUT2D eigenvalue weighted by Crippen LogP contribution is -2.23. The molecule has 0 heterocycles. The van der Waals surface area contributed by atoms with Gasteiger partial charge in [-0.25, -0.2) is 0 Å². The molecule has 0 bridgehead atoms. The van der Waals surface area contributed by atoms with Gasteiger partial charge in [0.25, 0.3) is 0 Å². The Hall–Kier alpha value is -0.700. The highest BCUT2D eigenvalue weighted by atomic mass is 16.3. The van der Waals surface area contributed by atoms with Gasteiger partial charge in [0.2, 0.25) is 0 Å². The highest BCUT2D eigenvalue weighted by Gasteiger charge is 1.93. The zero-order valence-corrected chi connectivity index (χ0v) is 7.35. The first kappa shape index (κ1) is 10.3. The number of nitrogens with one attached hydrogen (secondary N) is 1. The Morgan fingerprint density at radius 1 is 1.55 bits per heavy atom. The van der Waals surface area contributed by atoms with Crippen LogP contribution in [-0.4, -0.2) is 18.3 Å². The van der Waals surface area contributed by atoms with Crippen molar-refractivity contribution in [3.63, 3.8) is 0 Å². The summed E-state index contributed by atoms with van der Waals surface area (Å²) in [6.07, 6.45) is 1.72. The van der Waals surface area contributed by atoms with Crippen LogP contribution in [0.25, 0.3) is 0 Å². The normalized spacial score (nSPS) is 12.6. The molecule has 0 amide bonds. The average molecular weight is 158 g/mol. The summed E-state index contributed by atoms with van der Waals surface area (Å²) in [5.74, 6) is 0.751. The number of allylic oxidation sites excluding steroid dienone is 1. The van der Waals surface area contributed by atoms with E-state index in [1.54, 1.807) is 0 Å². The molecular weight excluding hydrogens is 140 g/mol. The maximum absolute atomic E-state index is 8.48. The molecule has 0 unspecified atom stereocenters. The van der Waals surface area contributed by atoms with Crippen LogP contribution in [0.2, 0.25) is 0 Å². The molecule has 0 aliphatic carbocycles. The predicted molar refractivity (Wildman–Crippen MR) is 46.9 cm³/mol. The third kappa shape index (κ3) is 4.67. The molecule has 0 atom stereocenters. The van der Waals surface area contributed by atoms with Crippen LogP contribution < -0.4 is 11.1 Å².